The number of aromatic nitrogens is 2. The lowest BCUT2D eigenvalue weighted by Gasteiger charge is -2.11. The van der Waals surface area contributed by atoms with Crippen LogP contribution in [0.15, 0.2) is 6.33 Å². The van der Waals surface area contributed by atoms with Crippen molar-refractivity contribution >= 4 is 28.1 Å². The molecule has 0 radical (unpaired) electrons. The topological polar surface area (TPSA) is 136 Å². The first-order chi connectivity index (χ1) is 8.47. The number of anilines is 2. The van der Waals surface area contributed by atoms with E-state index in [9.17, 15) is 14.3 Å². The van der Waals surface area contributed by atoms with Crippen LogP contribution in [-0.2, 0) is 10.8 Å². The molecule has 2 atom stereocenters. The van der Waals surface area contributed by atoms with Gasteiger partial charge in [0.25, 0.3) is 0 Å². The fourth-order valence-electron chi connectivity index (χ4n) is 1.14. The molecule has 0 bridgehead atoms. The summed E-state index contributed by atoms with van der Waals surface area (Å²) in [6.07, 6.45) is 2.71. The van der Waals surface area contributed by atoms with Crippen molar-refractivity contribution in [1.29, 1.82) is 0 Å². The molecule has 0 fully saturated rings. The largest absolute Gasteiger partial charge is 0.363 e. The Hall–Kier alpha value is -1.81. The summed E-state index contributed by atoms with van der Waals surface area (Å²) in [5.41, 5.74) is 1.80. The molecule has 0 aliphatic heterocycles. The summed E-state index contributed by atoms with van der Waals surface area (Å²) in [4.78, 5) is 17.7. The molecular weight excluding hydrogens is 260 g/mol. The van der Waals surface area contributed by atoms with E-state index in [4.69, 9.17) is 5.84 Å². The number of nitrogens with one attached hydrogen (secondary N) is 2. The van der Waals surface area contributed by atoms with Crippen LogP contribution in [0, 0.1) is 10.1 Å². The van der Waals surface area contributed by atoms with Crippen LogP contribution in [0.1, 0.15) is 6.92 Å². The van der Waals surface area contributed by atoms with Gasteiger partial charge in [-0.25, -0.2) is 15.8 Å². The zero-order chi connectivity index (χ0) is 13.7. The number of nitrogens with zero attached hydrogens (tertiary/aromatic N) is 3. The molecule has 18 heavy (non-hydrogen) atoms. The van der Waals surface area contributed by atoms with E-state index in [0.717, 1.165) is 6.33 Å². The Kier molecular flexibility index (Phi) is 4.92. The molecule has 4 N–H and O–H groups in total. The van der Waals surface area contributed by atoms with Crippen LogP contribution >= 0.6 is 0 Å². The zero-order valence-corrected chi connectivity index (χ0v) is 10.7. The minimum Gasteiger partial charge on any atom is -0.363 e. The van der Waals surface area contributed by atoms with Gasteiger partial charge in [0.2, 0.25) is 11.6 Å². The first-order valence-corrected chi connectivity index (χ1v) is 6.61. The highest BCUT2D eigenvalue weighted by Crippen LogP contribution is 2.27. The van der Waals surface area contributed by atoms with Crippen LogP contribution < -0.4 is 16.6 Å². The Labute approximate surface area is 106 Å². The molecular formula is C8H14N6O3S. The second-order valence-corrected chi connectivity index (χ2v) is 5.31. The number of hydrazine groups is 1. The van der Waals surface area contributed by atoms with Crippen LogP contribution in [0.3, 0.4) is 0 Å². The molecule has 0 saturated carbocycles. The number of nitro groups is 1. The number of nitrogens with two attached hydrogens (primary N) is 1. The van der Waals surface area contributed by atoms with Gasteiger partial charge in [0.15, 0.2) is 0 Å². The Morgan fingerprint density at radius 2 is 2.17 bits per heavy atom. The van der Waals surface area contributed by atoms with Gasteiger partial charge in [-0.2, -0.15) is 0 Å². The van der Waals surface area contributed by atoms with E-state index < -0.39 is 15.7 Å². The number of nitrogen functional groups attached to an aromatic ring is 1. The van der Waals surface area contributed by atoms with Gasteiger partial charge in [-0.15, -0.1) is 0 Å². The van der Waals surface area contributed by atoms with Crippen molar-refractivity contribution in [3.05, 3.63) is 16.4 Å². The van der Waals surface area contributed by atoms with Crippen LogP contribution in [0.2, 0.25) is 0 Å². The molecule has 1 aromatic heterocycles. The zero-order valence-electron chi connectivity index (χ0n) is 9.91. The molecule has 0 amide bonds. The first kappa shape index (κ1) is 14.3. The van der Waals surface area contributed by atoms with E-state index in [1.807, 2.05) is 0 Å². The van der Waals surface area contributed by atoms with Gasteiger partial charge < -0.3 is 10.7 Å². The highest BCUT2D eigenvalue weighted by molar-refractivity contribution is 7.84. The van der Waals surface area contributed by atoms with E-state index in [0.29, 0.717) is 6.54 Å². The van der Waals surface area contributed by atoms with Crippen molar-refractivity contribution in [3.63, 3.8) is 0 Å². The lowest BCUT2D eigenvalue weighted by Crippen LogP contribution is -2.22. The smallest absolute Gasteiger partial charge is 0.354 e. The summed E-state index contributed by atoms with van der Waals surface area (Å²) in [5.74, 6) is 5.10. The lowest BCUT2D eigenvalue weighted by molar-refractivity contribution is -0.383. The van der Waals surface area contributed by atoms with Crippen molar-refractivity contribution in [2.75, 3.05) is 23.5 Å². The minimum atomic E-state index is -1.02. The van der Waals surface area contributed by atoms with E-state index in [-0.39, 0.29) is 22.6 Å². The molecule has 0 spiro atoms. The molecule has 1 aromatic rings. The molecule has 0 aliphatic carbocycles. The Morgan fingerprint density at radius 1 is 1.56 bits per heavy atom. The van der Waals surface area contributed by atoms with E-state index in [1.54, 1.807) is 13.2 Å². The van der Waals surface area contributed by atoms with Gasteiger partial charge in [0.1, 0.15) is 6.33 Å². The first-order valence-electron chi connectivity index (χ1n) is 4.99. The Morgan fingerprint density at radius 3 is 2.67 bits per heavy atom. The van der Waals surface area contributed by atoms with Gasteiger partial charge in [0.05, 0.1) is 4.92 Å². The van der Waals surface area contributed by atoms with Crippen LogP contribution in [0.5, 0.6) is 0 Å². The highest BCUT2D eigenvalue weighted by Gasteiger charge is 2.22. The normalized spacial score (nSPS) is 13.7. The van der Waals surface area contributed by atoms with Gasteiger partial charge >= 0.3 is 5.69 Å². The molecule has 0 saturated heterocycles. The third-order valence-corrected chi connectivity index (χ3v) is 3.57. The summed E-state index contributed by atoms with van der Waals surface area (Å²) in [7, 11) is -1.02. The van der Waals surface area contributed by atoms with E-state index in [1.165, 1.54) is 0 Å². The number of rotatable bonds is 6. The molecule has 9 nitrogen and oxygen atoms in total. The molecule has 1 rings (SSSR count). The Balaban J connectivity index is 2.95. The molecule has 0 aromatic carbocycles. The van der Waals surface area contributed by atoms with Gasteiger partial charge in [0, 0.05) is 28.9 Å². The molecule has 1 heterocycles. The SMILES string of the molecule is CC(CNc1ncnc(NN)c1[N+](=O)[O-])S(C)=O. The summed E-state index contributed by atoms with van der Waals surface area (Å²) < 4.78 is 11.2. The third kappa shape index (κ3) is 3.34. The average Bonchev–Trinajstić information content (AvgIpc) is 2.34. The third-order valence-electron chi connectivity index (χ3n) is 2.27. The standard InChI is InChI=1S/C8H14N6O3S/c1-5(18(2)17)3-10-7-6(14(15)16)8(13-9)12-4-11-7/h4-5H,3,9H2,1-2H3,(H2,10,11,12,13). The van der Waals surface area contributed by atoms with Crippen molar-refractivity contribution in [2.24, 2.45) is 5.84 Å². The molecule has 0 aliphatic rings. The maximum absolute atomic E-state index is 11.2. The van der Waals surface area contributed by atoms with Crippen molar-refractivity contribution in [2.45, 2.75) is 12.2 Å². The van der Waals surface area contributed by atoms with Crippen molar-refractivity contribution < 1.29 is 9.13 Å². The van der Waals surface area contributed by atoms with Crippen LogP contribution in [0.25, 0.3) is 0 Å². The maximum atomic E-state index is 11.2. The summed E-state index contributed by atoms with van der Waals surface area (Å²) >= 11 is 0. The number of hydrogen-bond donors (Lipinski definition) is 3. The monoisotopic (exact) mass is 274 g/mol. The lowest BCUT2D eigenvalue weighted by atomic mass is 10.4. The van der Waals surface area contributed by atoms with E-state index >= 15 is 0 Å². The van der Waals surface area contributed by atoms with Gasteiger partial charge in [-0.3, -0.25) is 14.3 Å². The van der Waals surface area contributed by atoms with Gasteiger partial charge in [-0.05, 0) is 6.92 Å². The molecule has 100 valence electrons. The summed E-state index contributed by atoms with van der Waals surface area (Å²) in [6, 6.07) is 0. The predicted octanol–water partition coefficient (Wildman–Crippen LogP) is -0.151. The van der Waals surface area contributed by atoms with Gasteiger partial charge in [-0.1, -0.05) is 0 Å². The predicted molar refractivity (Wildman–Crippen MR) is 68.5 cm³/mol. The second kappa shape index (κ2) is 6.21. The van der Waals surface area contributed by atoms with Crippen molar-refractivity contribution in [3.8, 4) is 0 Å². The highest BCUT2D eigenvalue weighted by atomic mass is 32.2. The minimum absolute atomic E-state index is 0.0419. The fourth-order valence-corrected chi connectivity index (χ4v) is 1.46. The fraction of sp³-hybridized carbons (Fsp3) is 0.500. The molecule has 2 unspecified atom stereocenters. The molecule has 10 heteroatoms. The van der Waals surface area contributed by atoms with Crippen LogP contribution in [-0.4, -0.2) is 37.2 Å². The Bertz CT molecular complexity index is 468. The second-order valence-electron chi connectivity index (χ2n) is 3.51. The van der Waals surface area contributed by atoms with Crippen molar-refractivity contribution in [1.82, 2.24) is 9.97 Å². The maximum Gasteiger partial charge on any atom is 0.354 e. The number of hydrogen-bond acceptors (Lipinski definition) is 8. The quantitative estimate of drug-likeness (QED) is 0.370. The summed E-state index contributed by atoms with van der Waals surface area (Å²) in [6.45, 7) is 2.06. The van der Waals surface area contributed by atoms with E-state index in [2.05, 4.69) is 20.7 Å². The summed E-state index contributed by atoms with van der Waals surface area (Å²) in [5, 5.41) is 13.5. The average molecular weight is 274 g/mol. The van der Waals surface area contributed by atoms with Crippen LogP contribution in [0.4, 0.5) is 17.3 Å².